The van der Waals surface area contributed by atoms with Gasteiger partial charge in [-0.05, 0) is 18.9 Å². The fraction of sp³-hybridized carbons (Fsp3) is 0.769. The first-order valence-corrected chi connectivity index (χ1v) is 7.00. The molecule has 3 heterocycles. The Morgan fingerprint density at radius 3 is 2.84 bits per heavy atom. The summed E-state index contributed by atoms with van der Waals surface area (Å²) < 4.78 is 19.0. The van der Waals surface area contributed by atoms with Crippen LogP contribution < -0.4 is 5.59 Å². The fourth-order valence-corrected chi connectivity index (χ4v) is 2.48. The van der Waals surface area contributed by atoms with Crippen molar-refractivity contribution in [3.63, 3.8) is 0 Å². The number of rotatable bonds is 2. The average molecular weight is 264 g/mol. The molecule has 0 bridgehead atoms. The van der Waals surface area contributed by atoms with Crippen molar-refractivity contribution in [2.75, 3.05) is 26.4 Å². The summed E-state index contributed by atoms with van der Waals surface area (Å²) in [6.45, 7) is 7.31. The second-order valence-corrected chi connectivity index (χ2v) is 6.21. The Bertz CT molecular complexity index is 419. The van der Waals surface area contributed by atoms with Crippen LogP contribution in [0.4, 0.5) is 0 Å². The maximum Gasteiger partial charge on any atom is 0.515 e. The first-order valence-electron chi connectivity index (χ1n) is 7.00. The molecule has 1 aromatic heterocycles. The molecule has 0 N–H and O–H groups in total. The van der Waals surface area contributed by atoms with Crippen LogP contribution >= 0.6 is 0 Å². The van der Waals surface area contributed by atoms with Crippen LogP contribution in [0.1, 0.15) is 32.7 Å². The smallest absolute Gasteiger partial charge is 0.406 e. The molecule has 1 aromatic rings. The first-order chi connectivity index (χ1) is 9.14. The van der Waals surface area contributed by atoms with E-state index in [9.17, 15) is 0 Å². The molecule has 19 heavy (non-hydrogen) atoms. The van der Waals surface area contributed by atoms with Crippen molar-refractivity contribution < 1.29 is 14.0 Å². The van der Waals surface area contributed by atoms with Crippen LogP contribution in [0.5, 0.6) is 0 Å². The molecular weight excluding hydrogens is 243 g/mol. The van der Waals surface area contributed by atoms with Crippen molar-refractivity contribution in [3.05, 3.63) is 12.3 Å². The average Bonchev–Trinajstić information content (AvgIpc) is 2.89. The molecule has 3 rings (SSSR count). The van der Waals surface area contributed by atoms with Gasteiger partial charge < -0.3 is 14.0 Å². The van der Waals surface area contributed by atoms with Gasteiger partial charge in [0.1, 0.15) is 0 Å². The van der Waals surface area contributed by atoms with Crippen LogP contribution in [0.25, 0.3) is 0 Å². The molecule has 0 aliphatic carbocycles. The van der Waals surface area contributed by atoms with Gasteiger partial charge in [-0.15, -0.1) is 0 Å². The zero-order valence-corrected chi connectivity index (χ0v) is 11.7. The Morgan fingerprint density at radius 2 is 2.16 bits per heavy atom. The molecule has 6 heteroatoms. The summed E-state index contributed by atoms with van der Waals surface area (Å²) in [4.78, 5) is 0. The zero-order chi connectivity index (χ0) is 13.3. The van der Waals surface area contributed by atoms with Gasteiger partial charge in [-0.25, -0.2) is 0 Å². The van der Waals surface area contributed by atoms with Gasteiger partial charge >= 0.3 is 7.12 Å². The number of aromatic nitrogens is 2. The summed E-state index contributed by atoms with van der Waals surface area (Å²) in [5.74, 6) is 0. The Kier molecular flexibility index (Phi) is 3.65. The fourth-order valence-electron chi connectivity index (χ4n) is 2.48. The lowest BCUT2D eigenvalue weighted by molar-refractivity contribution is 0.0336. The molecular formula is C13H21BN2O3. The molecule has 2 aliphatic heterocycles. The highest BCUT2D eigenvalue weighted by molar-refractivity contribution is 6.60. The maximum atomic E-state index is 5.75. The van der Waals surface area contributed by atoms with E-state index in [0.717, 1.165) is 31.6 Å². The van der Waals surface area contributed by atoms with E-state index in [2.05, 4.69) is 18.9 Å². The van der Waals surface area contributed by atoms with Crippen LogP contribution in [-0.4, -0.2) is 43.3 Å². The number of hydrogen-bond acceptors (Lipinski definition) is 4. The van der Waals surface area contributed by atoms with Gasteiger partial charge in [0.05, 0.1) is 18.2 Å². The highest BCUT2D eigenvalue weighted by Crippen LogP contribution is 2.22. The van der Waals surface area contributed by atoms with E-state index in [1.807, 2.05) is 16.9 Å². The van der Waals surface area contributed by atoms with E-state index in [4.69, 9.17) is 14.0 Å². The SMILES string of the molecule is CC1(C)COB(c2ccn(C3CCCOC3)n2)OC1. The number of hydrogen-bond donors (Lipinski definition) is 0. The van der Waals surface area contributed by atoms with E-state index >= 15 is 0 Å². The molecule has 0 spiro atoms. The third-order valence-corrected chi connectivity index (χ3v) is 3.63. The topological polar surface area (TPSA) is 45.5 Å². The van der Waals surface area contributed by atoms with Crippen LogP contribution in [-0.2, 0) is 14.0 Å². The second kappa shape index (κ2) is 5.27. The number of ether oxygens (including phenoxy) is 1. The van der Waals surface area contributed by atoms with Crippen LogP contribution in [0.3, 0.4) is 0 Å². The Balaban J connectivity index is 1.64. The molecule has 2 saturated heterocycles. The number of nitrogens with zero attached hydrogens (tertiary/aromatic N) is 2. The summed E-state index contributed by atoms with van der Waals surface area (Å²) in [5.41, 5.74) is 0.956. The second-order valence-electron chi connectivity index (χ2n) is 6.21. The Labute approximate surface area is 114 Å². The molecule has 5 nitrogen and oxygen atoms in total. The van der Waals surface area contributed by atoms with Gasteiger partial charge in [0.2, 0.25) is 0 Å². The maximum absolute atomic E-state index is 5.75. The van der Waals surface area contributed by atoms with Gasteiger partial charge in [-0.3, -0.25) is 4.68 Å². The third kappa shape index (κ3) is 3.01. The monoisotopic (exact) mass is 264 g/mol. The minimum atomic E-state index is -0.321. The quantitative estimate of drug-likeness (QED) is 0.748. The van der Waals surface area contributed by atoms with Gasteiger partial charge in [0.25, 0.3) is 0 Å². The van der Waals surface area contributed by atoms with Crippen LogP contribution in [0.2, 0.25) is 0 Å². The molecule has 1 atom stereocenters. The lowest BCUT2D eigenvalue weighted by Gasteiger charge is -2.32. The summed E-state index contributed by atoms with van der Waals surface area (Å²) in [5, 5.41) is 4.59. The Hall–Kier alpha value is -0.845. The predicted molar refractivity (Wildman–Crippen MR) is 72.4 cm³/mol. The van der Waals surface area contributed by atoms with Gasteiger partial charge in [0, 0.05) is 31.4 Å². The molecule has 2 fully saturated rings. The van der Waals surface area contributed by atoms with Crippen molar-refractivity contribution in [1.82, 2.24) is 9.78 Å². The van der Waals surface area contributed by atoms with E-state index in [0.29, 0.717) is 19.3 Å². The normalized spacial score (nSPS) is 27.5. The minimum Gasteiger partial charge on any atom is -0.406 e. The van der Waals surface area contributed by atoms with Crippen molar-refractivity contribution in [2.45, 2.75) is 32.7 Å². The molecule has 1 unspecified atom stereocenters. The zero-order valence-electron chi connectivity index (χ0n) is 11.7. The summed E-state index contributed by atoms with van der Waals surface area (Å²) in [6.07, 6.45) is 4.23. The van der Waals surface area contributed by atoms with Gasteiger partial charge in [-0.2, -0.15) is 5.10 Å². The first kappa shape index (κ1) is 13.2. The standard InChI is InChI=1S/C13H21BN2O3/c1-13(2)9-18-14(19-10-13)12-5-6-16(15-12)11-4-3-7-17-8-11/h5-6,11H,3-4,7-10H2,1-2H3. The predicted octanol–water partition coefficient (Wildman–Crippen LogP) is 1.00. The van der Waals surface area contributed by atoms with Crippen molar-refractivity contribution in [1.29, 1.82) is 0 Å². The van der Waals surface area contributed by atoms with E-state index in [1.165, 1.54) is 0 Å². The molecule has 0 radical (unpaired) electrons. The van der Waals surface area contributed by atoms with Crippen molar-refractivity contribution >= 4 is 12.7 Å². The molecule has 0 saturated carbocycles. The van der Waals surface area contributed by atoms with E-state index in [-0.39, 0.29) is 12.5 Å². The highest BCUT2D eigenvalue weighted by atomic mass is 16.6. The largest absolute Gasteiger partial charge is 0.515 e. The Morgan fingerprint density at radius 1 is 1.37 bits per heavy atom. The molecule has 0 aromatic carbocycles. The van der Waals surface area contributed by atoms with Gasteiger partial charge in [0.15, 0.2) is 0 Å². The van der Waals surface area contributed by atoms with Crippen molar-refractivity contribution in [2.24, 2.45) is 5.41 Å². The van der Waals surface area contributed by atoms with Crippen LogP contribution in [0.15, 0.2) is 12.3 Å². The van der Waals surface area contributed by atoms with E-state index < -0.39 is 0 Å². The molecule has 2 aliphatic rings. The highest BCUT2D eigenvalue weighted by Gasteiger charge is 2.35. The lowest BCUT2D eigenvalue weighted by atomic mass is 9.80. The van der Waals surface area contributed by atoms with E-state index in [1.54, 1.807) is 0 Å². The van der Waals surface area contributed by atoms with Crippen molar-refractivity contribution in [3.8, 4) is 0 Å². The molecule has 0 amide bonds. The van der Waals surface area contributed by atoms with Crippen LogP contribution in [0, 0.1) is 5.41 Å². The summed E-state index contributed by atoms with van der Waals surface area (Å²) >= 11 is 0. The molecule has 104 valence electrons. The summed E-state index contributed by atoms with van der Waals surface area (Å²) in [6, 6.07) is 2.33. The van der Waals surface area contributed by atoms with Gasteiger partial charge in [-0.1, -0.05) is 13.8 Å². The minimum absolute atomic E-state index is 0.0935. The summed E-state index contributed by atoms with van der Waals surface area (Å²) in [7, 11) is -0.321. The third-order valence-electron chi connectivity index (χ3n) is 3.63. The lowest BCUT2D eigenvalue weighted by Crippen LogP contribution is -2.48.